The number of halogens is 1. The molecule has 0 aliphatic carbocycles. The Morgan fingerprint density at radius 2 is 1.53 bits per heavy atom. The second kappa shape index (κ2) is 13.7. The van der Waals surface area contributed by atoms with Crippen molar-refractivity contribution in [1.82, 2.24) is 14.5 Å². The van der Waals surface area contributed by atoms with Gasteiger partial charge in [-0.1, -0.05) is 26.3 Å². The highest BCUT2D eigenvalue weighted by Crippen LogP contribution is 2.25. The predicted molar refractivity (Wildman–Crippen MR) is 146 cm³/mol. The fourth-order valence-corrected chi connectivity index (χ4v) is 5.91. The molecule has 1 aliphatic heterocycles. The number of benzene rings is 2. The van der Waals surface area contributed by atoms with E-state index in [0.717, 1.165) is 38.9 Å². The SMILES string of the molecule is CCN(CC)CCNC(=O)c1ccc(NC(=O)c2ccc(C)c(S(=O)(=O)N3CCCCC3)c2)cc1.Cl. The number of piperidine rings is 1. The minimum absolute atomic E-state index is 0. The molecule has 8 nitrogen and oxygen atoms in total. The van der Waals surface area contributed by atoms with Crippen molar-refractivity contribution < 1.29 is 18.0 Å². The summed E-state index contributed by atoms with van der Waals surface area (Å²) in [7, 11) is -3.65. The normalized spacial score (nSPS) is 14.2. The van der Waals surface area contributed by atoms with E-state index in [1.165, 1.54) is 10.4 Å². The number of nitrogens with zero attached hydrogens (tertiary/aromatic N) is 2. The summed E-state index contributed by atoms with van der Waals surface area (Å²) < 4.78 is 27.8. The van der Waals surface area contributed by atoms with E-state index in [-0.39, 0.29) is 28.8 Å². The smallest absolute Gasteiger partial charge is 0.255 e. The summed E-state index contributed by atoms with van der Waals surface area (Å²) in [4.78, 5) is 27.6. The van der Waals surface area contributed by atoms with Crippen molar-refractivity contribution in [1.29, 1.82) is 0 Å². The van der Waals surface area contributed by atoms with Crippen molar-refractivity contribution in [3.63, 3.8) is 0 Å². The zero-order valence-electron chi connectivity index (χ0n) is 21.2. The maximum atomic E-state index is 13.1. The predicted octanol–water partition coefficient (Wildman–Crippen LogP) is 3.92. The minimum Gasteiger partial charge on any atom is -0.351 e. The fourth-order valence-electron chi connectivity index (χ4n) is 4.14. The summed E-state index contributed by atoms with van der Waals surface area (Å²) in [6.07, 6.45) is 2.73. The Morgan fingerprint density at radius 1 is 0.917 bits per heavy atom. The molecular weight excluding hydrogens is 500 g/mol. The standard InChI is InChI=1S/C26H36N4O4S.ClH/c1-4-29(5-2)18-15-27-25(31)21-11-13-23(14-12-21)28-26(32)22-10-9-20(3)24(19-22)35(33,34)30-16-7-6-8-17-30;/h9-14,19H,4-8,15-18H2,1-3H3,(H,27,31)(H,28,32);1H. The minimum atomic E-state index is -3.65. The molecule has 0 bridgehead atoms. The number of hydrogen-bond acceptors (Lipinski definition) is 5. The van der Waals surface area contributed by atoms with E-state index in [0.29, 0.717) is 36.4 Å². The van der Waals surface area contributed by atoms with E-state index >= 15 is 0 Å². The van der Waals surface area contributed by atoms with Gasteiger partial charge in [-0.25, -0.2) is 8.42 Å². The van der Waals surface area contributed by atoms with Crippen molar-refractivity contribution >= 4 is 39.9 Å². The van der Waals surface area contributed by atoms with E-state index in [1.54, 1.807) is 43.3 Å². The van der Waals surface area contributed by atoms with Gasteiger partial charge in [0.1, 0.15) is 0 Å². The summed E-state index contributed by atoms with van der Waals surface area (Å²) in [5.74, 6) is -0.572. The highest BCUT2D eigenvalue weighted by molar-refractivity contribution is 7.89. The molecule has 0 radical (unpaired) electrons. The van der Waals surface area contributed by atoms with Crippen LogP contribution in [-0.2, 0) is 10.0 Å². The highest BCUT2D eigenvalue weighted by Gasteiger charge is 2.28. The number of sulfonamides is 1. The molecule has 2 aromatic carbocycles. The molecule has 2 aromatic rings. The number of rotatable bonds is 10. The lowest BCUT2D eigenvalue weighted by atomic mass is 10.1. The average molecular weight is 537 g/mol. The first kappa shape index (κ1) is 29.8. The summed E-state index contributed by atoms with van der Waals surface area (Å²) in [5, 5.41) is 5.70. The van der Waals surface area contributed by atoms with E-state index in [2.05, 4.69) is 29.4 Å². The van der Waals surface area contributed by atoms with Crippen LogP contribution in [-0.4, -0.2) is 68.7 Å². The first-order valence-electron chi connectivity index (χ1n) is 12.3. The van der Waals surface area contributed by atoms with Crippen LogP contribution in [0.4, 0.5) is 5.69 Å². The lowest BCUT2D eigenvalue weighted by Gasteiger charge is -2.26. The molecule has 0 unspecified atom stereocenters. The number of carbonyl (C=O) groups is 2. The Balaban J connectivity index is 0.00000456. The van der Waals surface area contributed by atoms with Gasteiger partial charge < -0.3 is 15.5 Å². The molecule has 2 N–H and O–H groups in total. The van der Waals surface area contributed by atoms with Gasteiger partial charge in [-0.2, -0.15) is 4.31 Å². The van der Waals surface area contributed by atoms with Gasteiger partial charge in [0.2, 0.25) is 10.0 Å². The monoisotopic (exact) mass is 536 g/mol. The van der Waals surface area contributed by atoms with Crippen LogP contribution < -0.4 is 10.6 Å². The van der Waals surface area contributed by atoms with Crippen molar-refractivity contribution in [3.05, 3.63) is 59.2 Å². The molecule has 3 rings (SSSR count). The van der Waals surface area contributed by atoms with Crippen LogP contribution in [0.2, 0.25) is 0 Å². The lowest BCUT2D eigenvalue weighted by molar-refractivity contribution is 0.0948. The van der Waals surface area contributed by atoms with Crippen LogP contribution in [0.3, 0.4) is 0 Å². The van der Waals surface area contributed by atoms with Crippen LogP contribution in [0.15, 0.2) is 47.4 Å². The molecule has 0 aromatic heterocycles. The molecule has 0 spiro atoms. The molecule has 2 amide bonds. The largest absolute Gasteiger partial charge is 0.351 e. The second-order valence-electron chi connectivity index (χ2n) is 8.76. The van der Waals surface area contributed by atoms with Gasteiger partial charge in [0.15, 0.2) is 0 Å². The third kappa shape index (κ3) is 7.52. The Bertz CT molecular complexity index is 1130. The average Bonchev–Trinajstić information content (AvgIpc) is 2.87. The Hall–Kier alpha value is -2.46. The molecule has 1 heterocycles. The second-order valence-corrected chi connectivity index (χ2v) is 10.7. The molecule has 198 valence electrons. The van der Waals surface area contributed by atoms with E-state index < -0.39 is 15.9 Å². The number of nitrogens with one attached hydrogen (secondary N) is 2. The molecule has 1 aliphatic rings. The van der Waals surface area contributed by atoms with E-state index in [9.17, 15) is 18.0 Å². The van der Waals surface area contributed by atoms with Gasteiger partial charge in [-0.05, 0) is 74.8 Å². The number of likely N-dealkylation sites (N-methyl/N-ethyl adjacent to an activating group) is 1. The van der Waals surface area contributed by atoms with Gasteiger partial charge >= 0.3 is 0 Å². The zero-order valence-corrected chi connectivity index (χ0v) is 22.9. The molecule has 1 fully saturated rings. The number of anilines is 1. The maximum absolute atomic E-state index is 13.1. The third-order valence-electron chi connectivity index (χ3n) is 6.40. The van der Waals surface area contributed by atoms with Crippen LogP contribution in [0.1, 0.15) is 59.4 Å². The molecule has 0 saturated carbocycles. The Kier molecular flexibility index (Phi) is 11.4. The maximum Gasteiger partial charge on any atom is 0.255 e. The third-order valence-corrected chi connectivity index (χ3v) is 8.44. The lowest BCUT2D eigenvalue weighted by Crippen LogP contribution is -2.36. The number of hydrogen-bond donors (Lipinski definition) is 2. The summed E-state index contributed by atoms with van der Waals surface area (Å²) in [6, 6.07) is 11.4. The van der Waals surface area contributed by atoms with Crippen LogP contribution in [0.25, 0.3) is 0 Å². The number of amides is 2. The first-order valence-corrected chi connectivity index (χ1v) is 13.7. The Labute approximate surface area is 220 Å². The van der Waals surface area contributed by atoms with Gasteiger partial charge in [0.25, 0.3) is 11.8 Å². The van der Waals surface area contributed by atoms with Gasteiger partial charge in [-0.3, -0.25) is 9.59 Å². The molecule has 1 saturated heterocycles. The van der Waals surface area contributed by atoms with Crippen molar-refractivity contribution in [2.45, 2.75) is 44.9 Å². The number of carbonyl (C=O) groups excluding carboxylic acids is 2. The quantitative estimate of drug-likeness (QED) is 0.479. The Morgan fingerprint density at radius 3 is 2.14 bits per heavy atom. The topological polar surface area (TPSA) is 98.8 Å². The van der Waals surface area contributed by atoms with E-state index in [1.807, 2.05) is 0 Å². The molecule has 36 heavy (non-hydrogen) atoms. The van der Waals surface area contributed by atoms with Gasteiger partial charge in [0, 0.05) is 43.0 Å². The van der Waals surface area contributed by atoms with E-state index in [4.69, 9.17) is 0 Å². The van der Waals surface area contributed by atoms with Crippen LogP contribution in [0.5, 0.6) is 0 Å². The highest BCUT2D eigenvalue weighted by atomic mass is 35.5. The first-order chi connectivity index (χ1) is 16.8. The molecule has 10 heteroatoms. The van der Waals surface area contributed by atoms with Gasteiger partial charge in [-0.15, -0.1) is 12.4 Å². The van der Waals surface area contributed by atoms with Crippen molar-refractivity contribution in [2.24, 2.45) is 0 Å². The van der Waals surface area contributed by atoms with Gasteiger partial charge in [0.05, 0.1) is 4.90 Å². The number of aryl methyl sites for hydroxylation is 1. The zero-order chi connectivity index (χ0) is 25.4. The summed E-state index contributed by atoms with van der Waals surface area (Å²) in [5.41, 5.74) is 1.91. The van der Waals surface area contributed by atoms with Crippen LogP contribution in [0, 0.1) is 6.92 Å². The fraction of sp³-hybridized carbons (Fsp3) is 0.462. The molecular formula is C26H37ClN4O4S. The summed E-state index contributed by atoms with van der Waals surface area (Å²) in [6.45, 7) is 10.2. The van der Waals surface area contributed by atoms with Crippen LogP contribution >= 0.6 is 12.4 Å². The molecule has 0 atom stereocenters. The summed E-state index contributed by atoms with van der Waals surface area (Å²) >= 11 is 0. The van der Waals surface area contributed by atoms with Crippen molar-refractivity contribution in [2.75, 3.05) is 44.6 Å². The van der Waals surface area contributed by atoms with Crippen molar-refractivity contribution in [3.8, 4) is 0 Å².